The van der Waals surface area contributed by atoms with E-state index in [1.807, 2.05) is 18.2 Å². The highest BCUT2D eigenvalue weighted by Crippen LogP contribution is 2.44. The average molecular weight is 404 g/mol. The molecule has 0 saturated carbocycles. The van der Waals surface area contributed by atoms with Crippen LogP contribution in [0.15, 0.2) is 115 Å². The van der Waals surface area contributed by atoms with Crippen molar-refractivity contribution in [2.45, 2.75) is 0 Å². The second kappa shape index (κ2) is 8.02. The van der Waals surface area contributed by atoms with E-state index >= 15 is 0 Å². The molecule has 0 aliphatic rings. The fourth-order valence-corrected chi connectivity index (χ4v) is 4.91. The molecule has 0 bridgehead atoms. The fourth-order valence-electron chi connectivity index (χ4n) is 3.95. The largest absolute Gasteiger partial charge is 0.398 e. The Bertz CT molecular complexity index is 1290. The molecule has 0 aliphatic carbocycles. The SMILES string of the molecule is Nc1c(-c2ccccc2)cccc1-c1ccccc1-c1sccc1-c1ccccc1. The van der Waals surface area contributed by atoms with Crippen LogP contribution in [-0.2, 0) is 0 Å². The van der Waals surface area contributed by atoms with Crippen LogP contribution in [-0.4, -0.2) is 0 Å². The molecule has 1 nitrogen and oxygen atoms in total. The summed E-state index contributed by atoms with van der Waals surface area (Å²) in [7, 11) is 0. The van der Waals surface area contributed by atoms with Crippen LogP contribution < -0.4 is 5.73 Å². The van der Waals surface area contributed by atoms with Gasteiger partial charge in [0.2, 0.25) is 0 Å². The van der Waals surface area contributed by atoms with Crippen molar-refractivity contribution < 1.29 is 0 Å². The minimum Gasteiger partial charge on any atom is -0.398 e. The number of hydrogen-bond acceptors (Lipinski definition) is 2. The Hall–Kier alpha value is -3.62. The quantitative estimate of drug-likeness (QED) is 0.302. The maximum atomic E-state index is 6.72. The number of hydrogen-bond donors (Lipinski definition) is 1. The van der Waals surface area contributed by atoms with Crippen molar-refractivity contribution in [1.82, 2.24) is 0 Å². The third kappa shape index (κ3) is 3.32. The molecule has 0 radical (unpaired) electrons. The molecule has 4 aromatic carbocycles. The van der Waals surface area contributed by atoms with E-state index in [0.29, 0.717) is 0 Å². The van der Waals surface area contributed by atoms with Gasteiger partial charge < -0.3 is 5.73 Å². The van der Waals surface area contributed by atoms with Gasteiger partial charge in [-0.15, -0.1) is 11.3 Å². The van der Waals surface area contributed by atoms with Gasteiger partial charge in [-0.2, -0.15) is 0 Å². The highest BCUT2D eigenvalue weighted by Gasteiger charge is 2.16. The van der Waals surface area contributed by atoms with Gasteiger partial charge in [0.15, 0.2) is 0 Å². The van der Waals surface area contributed by atoms with Gasteiger partial charge >= 0.3 is 0 Å². The molecule has 5 rings (SSSR count). The zero-order valence-corrected chi connectivity index (χ0v) is 17.3. The Balaban J connectivity index is 1.68. The Morgan fingerprint density at radius 3 is 1.67 bits per heavy atom. The number of nitrogen functional groups attached to an aromatic ring is 1. The van der Waals surface area contributed by atoms with Crippen LogP contribution >= 0.6 is 11.3 Å². The summed E-state index contributed by atoms with van der Waals surface area (Å²) in [5, 5.41) is 2.16. The molecular formula is C28H21NS. The van der Waals surface area contributed by atoms with Crippen LogP contribution in [0.2, 0.25) is 0 Å². The van der Waals surface area contributed by atoms with Crippen molar-refractivity contribution in [1.29, 1.82) is 0 Å². The Labute approximate surface area is 181 Å². The van der Waals surface area contributed by atoms with Gasteiger partial charge in [-0.05, 0) is 28.1 Å². The van der Waals surface area contributed by atoms with Gasteiger partial charge in [0, 0.05) is 32.8 Å². The molecule has 2 N–H and O–H groups in total. The summed E-state index contributed by atoms with van der Waals surface area (Å²) in [6.45, 7) is 0. The highest BCUT2D eigenvalue weighted by atomic mass is 32.1. The second-order valence-electron chi connectivity index (χ2n) is 7.21. The van der Waals surface area contributed by atoms with Crippen molar-refractivity contribution in [3.05, 3.63) is 115 Å². The standard InChI is InChI=1S/C28H21NS/c29-27-22(20-10-3-1-4-11-20)16-9-17-25(27)24-14-7-8-15-26(24)28-23(18-19-30-28)21-12-5-2-6-13-21/h1-19H,29H2. The summed E-state index contributed by atoms with van der Waals surface area (Å²) in [5.41, 5.74) is 15.7. The third-order valence-corrected chi connectivity index (χ3v) is 6.35. The molecule has 2 heteroatoms. The summed E-state index contributed by atoms with van der Waals surface area (Å²) >= 11 is 1.77. The molecule has 144 valence electrons. The van der Waals surface area contributed by atoms with Crippen LogP contribution in [0.5, 0.6) is 0 Å². The zero-order chi connectivity index (χ0) is 20.3. The summed E-state index contributed by atoms with van der Waals surface area (Å²) in [5.74, 6) is 0. The number of nitrogens with two attached hydrogens (primary N) is 1. The molecule has 0 unspecified atom stereocenters. The first-order valence-electron chi connectivity index (χ1n) is 9.99. The zero-order valence-electron chi connectivity index (χ0n) is 16.5. The minimum atomic E-state index is 0.814. The van der Waals surface area contributed by atoms with E-state index in [-0.39, 0.29) is 0 Å². The maximum Gasteiger partial charge on any atom is 0.0473 e. The molecule has 0 atom stereocenters. The van der Waals surface area contributed by atoms with Crippen molar-refractivity contribution >= 4 is 17.0 Å². The van der Waals surface area contributed by atoms with Gasteiger partial charge in [-0.1, -0.05) is 103 Å². The molecule has 0 amide bonds. The van der Waals surface area contributed by atoms with E-state index in [9.17, 15) is 0 Å². The summed E-state index contributed by atoms with van der Waals surface area (Å²) in [6, 6.07) is 38.0. The van der Waals surface area contributed by atoms with Crippen molar-refractivity contribution in [3.63, 3.8) is 0 Å². The van der Waals surface area contributed by atoms with E-state index in [0.717, 1.165) is 27.9 Å². The van der Waals surface area contributed by atoms with Gasteiger partial charge in [0.05, 0.1) is 0 Å². The number of anilines is 1. The average Bonchev–Trinajstić information content (AvgIpc) is 3.30. The number of rotatable bonds is 4. The van der Waals surface area contributed by atoms with Crippen LogP contribution in [0.3, 0.4) is 0 Å². The predicted molar refractivity (Wildman–Crippen MR) is 130 cm³/mol. The van der Waals surface area contributed by atoms with Gasteiger partial charge in [-0.3, -0.25) is 0 Å². The fraction of sp³-hybridized carbons (Fsp3) is 0. The lowest BCUT2D eigenvalue weighted by Gasteiger charge is -2.15. The van der Waals surface area contributed by atoms with Gasteiger partial charge in [0.25, 0.3) is 0 Å². The first-order chi connectivity index (χ1) is 14.8. The first-order valence-corrected chi connectivity index (χ1v) is 10.9. The van der Waals surface area contributed by atoms with E-state index in [2.05, 4.69) is 96.4 Å². The van der Waals surface area contributed by atoms with Gasteiger partial charge in [0.1, 0.15) is 0 Å². The van der Waals surface area contributed by atoms with Gasteiger partial charge in [-0.25, -0.2) is 0 Å². The van der Waals surface area contributed by atoms with E-state index < -0.39 is 0 Å². The molecule has 0 aliphatic heterocycles. The molecule has 0 saturated heterocycles. The Morgan fingerprint density at radius 2 is 0.967 bits per heavy atom. The lowest BCUT2D eigenvalue weighted by molar-refractivity contribution is 1.58. The van der Waals surface area contributed by atoms with Crippen molar-refractivity contribution in [2.24, 2.45) is 0 Å². The molecule has 0 fully saturated rings. The number of thiophene rings is 1. The smallest absolute Gasteiger partial charge is 0.0473 e. The monoisotopic (exact) mass is 403 g/mol. The lowest BCUT2D eigenvalue weighted by Crippen LogP contribution is -1.95. The van der Waals surface area contributed by atoms with E-state index in [1.54, 1.807) is 11.3 Å². The first kappa shape index (κ1) is 18.4. The van der Waals surface area contributed by atoms with E-state index in [4.69, 9.17) is 5.73 Å². The highest BCUT2D eigenvalue weighted by molar-refractivity contribution is 7.14. The summed E-state index contributed by atoms with van der Waals surface area (Å²) in [6.07, 6.45) is 0. The Morgan fingerprint density at radius 1 is 0.433 bits per heavy atom. The predicted octanol–water partition coefficient (Wildman–Crippen LogP) is 8.00. The molecule has 5 aromatic rings. The molecule has 30 heavy (non-hydrogen) atoms. The molecular weight excluding hydrogens is 382 g/mol. The van der Waals surface area contributed by atoms with Crippen LogP contribution in [0.4, 0.5) is 5.69 Å². The van der Waals surface area contributed by atoms with Crippen LogP contribution in [0.1, 0.15) is 0 Å². The second-order valence-corrected chi connectivity index (χ2v) is 8.12. The Kier molecular flexibility index (Phi) is 4.92. The molecule has 1 heterocycles. The number of para-hydroxylation sites is 1. The van der Waals surface area contributed by atoms with Crippen LogP contribution in [0, 0.1) is 0 Å². The molecule has 1 aromatic heterocycles. The van der Waals surface area contributed by atoms with Crippen molar-refractivity contribution in [3.8, 4) is 43.8 Å². The maximum absolute atomic E-state index is 6.72. The summed E-state index contributed by atoms with van der Waals surface area (Å²) in [4.78, 5) is 1.27. The lowest BCUT2D eigenvalue weighted by atomic mass is 9.91. The van der Waals surface area contributed by atoms with Crippen molar-refractivity contribution in [2.75, 3.05) is 5.73 Å². The summed E-state index contributed by atoms with van der Waals surface area (Å²) < 4.78 is 0. The van der Waals surface area contributed by atoms with E-state index in [1.165, 1.54) is 21.6 Å². The third-order valence-electron chi connectivity index (χ3n) is 5.40. The molecule has 0 spiro atoms. The number of benzene rings is 4. The minimum absolute atomic E-state index is 0.814. The van der Waals surface area contributed by atoms with Crippen LogP contribution in [0.25, 0.3) is 43.8 Å². The topological polar surface area (TPSA) is 26.0 Å². The normalized spacial score (nSPS) is 10.8.